The number of rotatable bonds is 7. The van der Waals surface area contributed by atoms with Crippen LogP contribution in [-0.4, -0.2) is 28.2 Å². The fraction of sp³-hybridized carbons (Fsp3) is 0.444. The lowest BCUT2D eigenvalue weighted by molar-refractivity contribution is -0.129. The Bertz CT molecular complexity index is 622. The largest absolute Gasteiger partial charge is 0.503 e. The summed E-state index contributed by atoms with van der Waals surface area (Å²) < 4.78 is 13.2. The lowest BCUT2D eigenvalue weighted by Gasteiger charge is -2.26. The number of ketones is 1. The Morgan fingerprint density at radius 1 is 1.22 bits per heavy atom. The zero-order chi connectivity index (χ0) is 17.0. The molecule has 0 bridgehead atoms. The summed E-state index contributed by atoms with van der Waals surface area (Å²) in [4.78, 5) is 25.7. The maximum atomic E-state index is 13.2. The molecule has 1 amide bonds. The third-order valence-corrected chi connectivity index (χ3v) is 4.12. The van der Waals surface area contributed by atoms with Gasteiger partial charge in [0.2, 0.25) is 0 Å². The summed E-state index contributed by atoms with van der Waals surface area (Å²) in [5.41, 5.74) is 0.724. The van der Waals surface area contributed by atoms with Gasteiger partial charge in [-0.3, -0.25) is 9.59 Å². The quantitative estimate of drug-likeness (QED) is 0.780. The van der Waals surface area contributed by atoms with Gasteiger partial charge in [-0.15, -0.1) is 0 Å². The number of amides is 1. The van der Waals surface area contributed by atoms with E-state index in [1.54, 1.807) is 12.1 Å². The standard InChI is InChI=1S/C18H22FNO3/c1-3-4-5-6-11-20-16(13-7-9-14(19)10-8-13)15(12(2)21)17(22)18(20)23/h7-10,16,22H,3-6,11H2,1-2H3. The van der Waals surface area contributed by atoms with Crippen molar-refractivity contribution >= 4 is 11.7 Å². The van der Waals surface area contributed by atoms with Gasteiger partial charge in [0, 0.05) is 6.54 Å². The molecule has 23 heavy (non-hydrogen) atoms. The molecule has 1 aliphatic rings. The Hall–Kier alpha value is -2.17. The highest BCUT2D eigenvalue weighted by molar-refractivity contribution is 6.08. The topological polar surface area (TPSA) is 57.6 Å². The van der Waals surface area contributed by atoms with Crippen molar-refractivity contribution in [2.75, 3.05) is 6.54 Å². The molecule has 0 spiro atoms. The predicted molar refractivity (Wildman–Crippen MR) is 85.3 cm³/mol. The number of Topliss-reactive ketones (excluding diaryl/α,β-unsaturated/α-hetero) is 1. The van der Waals surface area contributed by atoms with E-state index in [4.69, 9.17) is 0 Å². The minimum Gasteiger partial charge on any atom is -0.503 e. The van der Waals surface area contributed by atoms with Gasteiger partial charge in [0.15, 0.2) is 11.5 Å². The molecule has 1 aromatic carbocycles. The van der Waals surface area contributed by atoms with E-state index in [1.165, 1.54) is 24.0 Å². The zero-order valence-electron chi connectivity index (χ0n) is 13.5. The highest BCUT2D eigenvalue weighted by Crippen LogP contribution is 2.37. The molecule has 0 aliphatic carbocycles. The molecule has 0 saturated heterocycles. The van der Waals surface area contributed by atoms with E-state index in [0.717, 1.165) is 25.7 Å². The Kier molecular flexibility index (Phi) is 5.53. The van der Waals surface area contributed by atoms with Crippen LogP contribution < -0.4 is 0 Å². The van der Waals surface area contributed by atoms with E-state index in [1.807, 2.05) is 0 Å². The number of hydrogen-bond acceptors (Lipinski definition) is 3. The number of aliphatic hydroxyl groups excluding tert-OH is 1. The average Bonchev–Trinajstić information content (AvgIpc) is 2.77. The Balaban J connectivity index is 2.31. The third kappa shape index (κ3) is 3.60. The van der Waals surface area contributed by atoms with Crippen molar-refractivity contribution in [3.05, 3.63) is 47.0 Å². The lowest BCUT2D eigenvalue weighted by atomic mass is 9.96. The summed E-state index contributed by atoms with van der Waals surface area (Å²) in [6.07, 6.45) is 3.93. The fourth-order valence-corrected chi connectivity index (χ4v) is 2.94. The molecule has 0 aromatic heterocycles. The molecule has 5 heteroatoms. The number of aliphatic hydroxyl groups is 1. The van der Waals surface area contributed by atoms with Gasteiger partial charge >= 0.3 is 0 Å². The molecule has 2 rings (SSSR count). The normalized spacial score (nSPS) is 18.0. The van der Waals surface area contributed by atoms with Crippen LogP contribution in [0.3, 0.4) is 0 Å². The van der Waals surface area contributed by atoms with Crippen LogP contribution in [0.2, 0.25) is 0 Å². The number of halogens is 1. The summed E-state index contributed by atoms with van der Waals surface area (Å²) in [6, 6.07) is 5.05. The molecule has 1 atom stereocenters. The van der Waals surface area contributed by atoms with Crippen molar-refractivity contribution in [1.82, 2.24) is 4.90 Å². The molecular formula is C18H22FNO3. The first-order valence-corrected chi connectivity index (χ1v) is 7.97. The number of hydrogen-bond donors (Lipinski definition) is 1. The summed E-state index contributed by atoms with van der Waals surface area (Å²) in [5.74, 6) is -1.74. The number of unbranched alkanes of at least 4 members (excludes halogenated alkanes) is 3. The Morgan fingerprint density at radius 3 is 2.43 bits per heavy atom. The summed E-state index contributed by atoms with van der Waals surface area (Å²) in [5, 5.41) is 10.1. The first-order valence-electron chi connectivity index (χ1n) is 7.97. The number of benzene rings is 1. The van der Waals surface area contributed by atoms with Crippen LogP contribution in [0.1, 0.15) is 51.1 Å². The molecule has 1 heterocycles. The summed E-state index contributed by atoms with van der Waals surface area (Å²) >= 11 is 0. The molecule has 1 N–H and O–H groups in total. The van der Waals surface area contributed by atoms with Crippen LogP contribution >= 0.6 is 0 Å². The first-order chi connectivity index (χ1) is 11.0. The van der Waals surface area contributed by atoms with E-state index in [2.05, 4.69) is 6.92 Å². The zero-order valence-corrected chi connectivity index (χ0v) is 13.5. The van der Waals surface area contributed by atoms with Crippen molar-refractivity contribution in [2.24, 2.45) is 0 Å². The SMILES string of the molecule is CCCCCCN1C(=O)C(O)=C(C(C)=O)C1c1ccc(F)cc1. The third-order valence-electron chi connectivity index (χ3n) is 4.12. The monoisotopic (exact) mass is 319 g/mol. The van der Waals surface area contributed by atoms with Crippen molar-refractivity contribution in [2.45, 2.75) is 45.6 Å². The first kappa shape index (κ1) is 17.2. The van der Waals surface area contributed by atoms with Crippen LogP contribution in [0, 0.1) is 5.82 Å². The molecule has 4 nitrogen and oxygen atoms in total. The van der Waals surface area contributed by atoms with E-state index in [9.17, 15) is 19.1 Å². The van der Waals surface area contributed by atoms with E-state index in [-0.39, 0.29) is 17.2 Å². The minimum atomic E-state index is -0.637. The maximum Gasteiger partial charge on any atom is 0.290 e. The van der Waals surface area contributed by atoms with Crippen LogP contribution in [0.15, 0.2) is 35.6 Å². The second kappa shape index (κ2) is 7.40. The number of carbonyl (C=O) groups is 2. The van der Waals surface area contributed by atoms with Gasteiger partial charge in [0.25, 0.3) is 5.91 Å². The second-order valence-corrected chi connectivity index (χ2v) is 5.83. The van der Waals surface area contributed by atoms with Gasteiger partial charge in [0.1, 0.15) is 5.82 Å². The Morgan fingerprint density at radius 2 is 1.87 bits per heavy atom. The molecule has 1 aromatic rings. The molecular weight excluding hydrogens is 297 g/mol. The van der Waals surface area contributed by atoms with E-state index < -0.39 is 17.7 Å². The van der Waals surface area contributed by atoms with Crippen LogP contribution in [0.25, 0.3) is 0 Å². The number of carbonyl (C=O) groups excluding carboxylic acids is 2. The van der Waals surface area contributed by atoms with Gasteiger partial charge in [-0.05, 0) is 31.0 Å². The lowest BCUT2D eigenvalue weighted by Crippen LogP contribution is -2.32. The second-order valence-electron chi connectivity index (χ2n) is 5.83. The Labute approximate surface area is 135 Å². The van der Waals surface area contributed by atoms with Gasteiger partial charge in [-0.1, -0.05) is 38.3 Å². The highest BCUT2D eigenvalue weighted by Gasteiger charge is 2.41. The fourth-order valence-electron chi connectivity index (χ4n) is 2.94. The highest BCUT2D eigenvalue weighted by atomic mass is 19.1. The summed E-state index contributed by atoms with van der Waals surface area (Å²) in [7, 11) is 0. The van der Waals surface area contributed by atoms with Crippen molar-refractivity contribution in [1.29, 1.82) is 0 Å². The van der Waals surface area contributed by atoms with E-state index >= 15 is 0 Å². The minimum absolute atomic E-state index is 0.0945. The van der Waals surface area contributed by atoms with Crippen molar-refractivity contribution in [3.63, 3.8) is 0 Å². The van der Waals surface area contributed by atoms with E-state index in [0.29, 0.717) is 12.1 Å². The average molecular weight is 319 g/mol. The van der Waals surface area contributed by atoms with Gasteiger partial charge in [-0.2, -0.15) is 0 Å². The molecule has 1 aliphatic heterocycles. The van der Waals surface area contributed by atoms with Crippen LogP contribution in [0.5, 0.6) is 0 Å². The number of nitrogens with zero attached hydrogens (tertiary/aromatic N) is 1. The van der Waals surface area contributed by atoms with Gasteiger partial charge in [-0.25, -0.2) is 4.39 Å². The van der Waals surface area contributed by atoms with Crippen molar-refractivity contribution < 1.29 is 19.1 Å². The molecule has 124 valence electrons. The van der Waals surface area contributed by atoms with Gasteiger partial charge < -0.3 is 10.0 Å². The summed E-state index contributed by atoms with van der Waals surface area (Å²) in [6.45, 7) is 3.89. The predicted octanol–water partition coefficient (Wildman–Crippen LogP) is 3.69. The molecule has 1 unspecified atom stereocenters. The van der Waals surface area contributed by atoms with Crippen molar-refractivity contribution in [3.8, 4) is 0 Å². The maximum absolute atomic E-state index is 13.2. The molecule has 0 radical (unpaired) electrons. The van der Waals surface area contributed by atoms with Gasteiger partial charge in [0.05, 0.1) is 11.6 Å². The van der Waals surface area contributed by atoms with Crippen LogP contribution in [-0.2, 0) is 9.59 Å². The van der Waals surface area contributed by atoms with Crippen LogP contribution in [0.4, 0.5) is 4.39 Å². The smallest absolute Gasteiger partial charge is 0.290 e. The molecule has 0 saturated carbocycles. The molecule has 0 fully saturated rings.